The number of urea groups is 1. The normalized spacial score (nSPS) is 10.6. The van der Waals surface area contributed by atoms with Crippen LogP contribution in [-0.4, -0.2) is 12.6 Å². The monoisotopic (exact) mass is 412 g/mol. The van der Waals surface area contributed by atoms with Gasteiger partial charge in [-0.2, -0.15) is 0 Å². The van der Waals surface area contributed by atoms with Crippen molar-refractivity contribution in [2.45, 2.75) is 5.92 Å². The fourth-order valence-electron chi connectivity index (χ4n) is 2.75. The minimum atomic E-state index is -0.489. The molecule has 2 amide bonds. The van der Waals surface area contributed by atoms with Gasteiger partial charge in [0.1, 0.15) is 5.82 Å². The topological polar surface area (TPSA) is 41.1 Å². The summed E-state index contributed by atoms with van der Waals surface area (Å²) in [7, 11) is 0. The maximum atomic E-state index is 13.9. The van der Waals surface area contributed by atoms with Crippen LogP contribution in [0.4, 0.5) is 14.9 Å². The third-order valence-electron chi connectivity index (χ3n) is 4.05. The maximum absolute atomic E-state index is 13.9. The van der Waals surface area contributed by atoms with Gasteiger partial charge in [-0.1, -0.05) is 76.6 Å². The summed E-state index contributed by atoms with van der Waals surface area (Å²) in [6, 6.07) is 24.0. The molecule has 0 atom stereocenters. The van der Waals surface area contributed by atoms with Gasteiger partial charge in [0, 0.05) is 16.9 Å². The molecule has 3 aromatic carbocycles. The molecule has 0 bridgehead atoms. The summed E-state index contributed by atoms with van der Waals surface area (Å²) in [5, 5.41) is 5.39. The molecule has 26 heavy (non-hydrogen) atoms. The van der Waals surface area contributed by atoms with Gasteiger partial charge < -0.3 is 10.6 Å². The van der Waals surface area contributed by atoms with E-state index in [1.165, 1.54) is 12.1 Å². The van der Waals surface area contributed by atoms with Crippen molar-refractivity contribution in [2.75, 3.05) is 11.9 Å². The minimum absolute atomic E-state index is 0.0120. The van der Waals surface area contributed by atoms with Crippen molar-refractivity contribution in [3.05, 3.63) is 100 Å². The molecular weight excluding hydrogens is 395 g/mol. The molecule has 0 spiro atoms. The lowest BCUT2D eigenvalue weighted by atomic mass is 9.91. The zero-order valence-electron chi connectivity index (χ0n) is 14.0. The van der Waals surface area contributed by atoms with Gasteiger partial charge in [-0.3, -0.25) is 0 Å². The molecular formula is C21H18BrFN2O. The molecule has 0 aliphatic carbocycles. The predicted octanol–water partition coefficient (Wildman–Crippen LogP) is 5.54. The maximum Gasteiger partial charge on any atom is 0.319 e. The molecule has 3 rings (SSSR count). The van der Waals surface area contributed by atoms with Crippen LogP contribution in [0.2, 0.25) is 0 Å². The molecule has 3 nitrogen and oxygen atoms in total. The number of hydrogen-bond acceptors (Lipinski definition) is 1. The van der Waals surface area contributed by atoms with Gasteiger partial charge in [0.05, 0.1) is 5.69 Å². The number of rotatable bonds is 5. The highest BCUT2D eigenvalue weighted by atomic mass is 79.9. The van der Waals surface area contributed by atoms with Crippen molar-refractivity contribution in [3.63, 3.8) is 0 Å². The average Bonchev–Trinajstić information content (AvgIpc) is 2.66. The summed E-state index contributed by atoms with van der Waals surface area (Å²) < 4.78 is 14.5. The quantitative estimate of drug-likeness (QED) is 0.567. The molecule has 0 radical (unpaired) electrons. The minimum Gasteiger partial charge on any atom is -0.337 e. The molecule has 0 saturated heterocycles. The summed E-state index contributed by atoms with van der Waals surface area (Å²) in [6.07, 6.45) is 0. The Hall–Kier alpha value is -2.66. The first-order valence-corrected chi connectivity index (χ1v) is 9.02. The van der Waals surface area contributed by atoms with Gasteiger partial charge in [0.15, 0.2) is 0 Å². The molecule has 5 heteroatoms. The van der Waals surface area contributed by atoms with Gasteiger partial charge in [-0.15, -0.1) is 0 Å². The Kier molecular flexibility index (Phi) is 6.02. The standard InChI is InChI=1S/C21H18BrFN2O/c22-17-11-12-20(19(23)13-17)25-21(26)24-14-18(15-7-3-1-4-8-15)16-9-5-2-6-10-16/h1-13,18H,14H2,(H2,24,25,26). The number of nitrogens with one attached hydrogen (secondary N) is 2. The highest BCUT2D eigenvalue weighted by molar-refractivity contribution is 9.10. The molecule has 0 unspecified atom stereocenters. The Morgan fingerprint density at radius 3 is 2.04 bits per heavy atom. The fourth-order valence-corrected chi connectivity index (χ4v) is 3.08. The van der Waals surface area contributed by atoms with E-state index in [-0.39, 0.29) is 11.6 Å². The fraction of sp³-hybridized carbons (Fsp3) is 0.0952. The van der Waals surface area contributed by atoms with E-state index >= 15 is 0 Å². The predicted molar refractivity (Wildman–Crippen MR) is 106 cm³/mol. The van der Waals surface area contributed by atoms with Crippen LogP contribution in [0.3, 0.4) is 0 Å². The van der Waals surface area contributed by atoms with E-state index in [2.05, 4.69) is 26.6 Å². The van der Waals surface area contributed by atoms with Crippen molar-refractivity contribution in [1.29, 1.82) is 0 Å². The van der Waals surface area contributed by atoms with Gasteiger partial charge in [-0.05, 0) is 29.3 Å². The highest BCUT2D eigenvalue weighted by Crippen LogP contribution is 2.24. The SMILES string of the molecule is O=C(NCC(c1ccccc1)c1ccccc1)Nc1ccc(Br)cc1F. The Balaban J connectivity index is 1.71. The lowest BCUT2D eigenvalue weighted by Crippen LogP contribution is -2.33. The van der Waals surface area contributed by atoms with Crippen molar-refractivity contribution < 1.29 is 9.18 Å². The van der Waals surface area contributed by atoms with Crippen molar-refractivity contribution in [2.24, 2.45) is 0 Å². The van der Waals surface area contributed by atoms with Crippen LogP contribution in [-0.2, 0) is 0 Å². The summed E-state index contributed by atoms with van der Waals surface area (Å²) >= 11 is 3.20. The van der Waals surface area contributed by atoms with Crippen LogP contribution < -0.4 is 10.6 Å². The Bertz CT molecular complexity index is 832. The second kappa shape index (κ2) is 8.63. The van der Waals surface area contributed by atoms with Crippen molar-refractivity contribution >= 4 is 27.6 Å². The number of carbonyl (C=O) groups is 1. The Morgan fingerprint density at radius 1 is 0.923 bits per heavy atom. The number of benzene rings is 3. The first kappa shape index (κ1) is 18.1. The molecule has 2 N–H and O–H groups in total. The lowest BCUT2D eigenvalue weighted by molar-refractivity contribution is 0.251. The van der Waals surface area contributed by atoms with E-state index in [4.69, 9.17) is 0 Å². The third-order valence-corrected chi connectivity index (χ3v) is 4.54. The number of anilines is 1. The van der Waals surface area contributed by atoms with Gasteiger partial charge in [-0.25, -0.2) is 9.18 Å². The van der Waals surface area contributed by atoms with Crippen LogP contribution in [0, 0.1) is 5.82 Å². The zero-order valence-corrected chi connectivity index (χ0v) is 15.5. The van der Waals surface area contributed by atoms with Crippen LogP contribution in [0.15, 0.2) is 83.3 Å². The lowest BCUT2D eigenvalue weighted by Gasteiger charge is -2.19. The van der Waals surface area contributed by atoms with E-state index in [0.29, 0.717) is 11.0 Å². The van der Waals surface area contributed by atoms with Gasteiger partial charge in [0.25, 0.3) is 0 Å². The molecule has 0 heterocycles. The molecule has 3 aromatic rings. The molecule has 0 aliphatic heterocycles. The van der Waals surface area contributed by atoms with E-state index < -0.39 is 11.8 Å². The summed E-state index contributed by atoms with van der Waals surface area (Å²) in [5.41, 5.74) is 2.35. The Labute approximate surface area is 160 Å². The summed E-state index contributed by atoms with van der Waals surface area (Å²) in [4.78, 5) is 12.2. The van der Waals surface area contributed by atoms with E-state index in [9.17, 15) is 9.18 Å². The zero-order chi connectivity index (χ0) is 18.4. The average molecular weight is 413 g/mol. The van der Waals surface area contributed by atoms with Crippen molar-refractivity contribution in [3.8, 4) is 0 Å². The molecule has 0 aromatic heterocycles. The van der Waals surface area contributed by atoms with E-state index in [1.807, 2.05) is 60.7 Å². The molecule has 132 valence electrons. The van der Waals surface area contributed by atoms with Crippen LogP contribution in [0.5, 0.6) is 0 Å². The Morgan fingerprint density at radius 2 is 1.50 bits per heavy atom. The largest absolute Gasteiger partial charge is 0.337 e. The van der Waals surface area contributed by atoms with E-state index in [1.54, 1.807) is 6.07 Å². The molecule has 0 aliphatic rings. The van der Waals surface area contributed by atoms with Crippen molar-refractivity contribution in [1.82, 2.24) is 5.32 Å². The number of halogens is 2. The van der Waals surface area contributed by atoms with Crippen LogP contribution in [0.25, 0.3) is 0 Å². The third kappa shape index (κ3) is 4.70. The highest BCUT2D eigenvalue weighted by Gasteiger charge is 2.15. The number of carbonyl (C=O) groups excluding carboxylic acids is 1. The van der Waals surface area contributed by atoms with Crippen LogP contribution >= 0.6 is 15.9 Å². The van der Waals surface area contributed by atoms with E-state index in [0.717, 1.165) is 11.1 Å². The van der Waals surface area contributed by atoms with Gasteiger partial charge >= 0.3 is 6.03 Å². The summed E-state index contributed by atoms with van der Waals surface area (Å²) in [6.45, 7) is 0.401. The smallest absolute Gasteiger partial charge is 0.319 e. The van der Waals surface area contributed by atoms with Crippen LogP contribution in [0.1, 0.15) is 17.0 Å². The first-order chi connectivity index (χ1) is 12.6. The number of amides is 2. The second-order valence-corrected chi connectivity index (χ2v) is 6.75. The first-order valence-electron chi connectivity index (χ1n) is 8.23. The van der Waals surface area contributed by atoms with Gasteiger partial charge in [0.2, 0.25) is 0 Å². The number of hydrogen-bond donors (Lipinski definition) is 2. The molecule has 0 saturated carbocycles. The summed E-state index contributed by atoms with van der Waals surface area (Å²) in [5.74, 6) is -0.477. The second-order valence-electron chi connectivity index (χ2n) is 5.83. The molecule has 0 fully saturated rings.